The Hall–Kier alpha value is -1.34. The molecule has 1 heterocycles. The molecule has 18 heavy (non-hydrogen) atoms. The number of carbonyl (C=O) groups is 1. The average Bonchev–Trinajstić information content (AvgIpc) is 2.78. The van der Waals surface area contributed by atoms with Crippen molar-refractivity contribution < 1.29 is 9.90 Å². The van der Waals surface area contributed by atoms with Gasteiger partial charge in [0.25, 0.3) is 0 Å². The second kappa shape index (κ2) is 5.53. The Morgan fingerprint density at radius 2 is 2.11 bits per heavy atom. The van der Waals surface area contributed by atoms with E-state index in [-0.39, 0.29) is 0 Å². The summed E-state index contributed by atoms with van der Waals surface area (Å²) >= 11 is 4.46. The molecule has 1 atom stereocenters. The van der Waals surface area contributed by atoms with Crippen molar-refractivity contribution >= 4 is 33.7 Å². The summed E-state index contributed by atoms with van der Waals surface area (Å²) in [6.45, 7) is 1.60. The van der Waals surface area contributed by atoms with E-state index in [4.69, 9.17) is 5.11 Å². The molecule has 2 rings (SSSR count). The van der Waals surface area contributed by atoms with Crippen molar-refractivity contribution in [3.05, 3.63) is 28.7 Å². The Morgan fingerprint density at radius 3 is 2.72 bits per heavy atom. The lowest BCUT2D eigenvalue weighted by molar-refractivity contribution is -0.136. The van der Waals surface area contributed by atoms with E-state index in [2.05, 4.69) is 31.1 Å². The molecule has 0 aliphatic heterocycles. The van der Waals surface area contributed by atoms with Crippen LogP contribution in [0.25, 0.3) is 11.4 Å². The van der Waals surface area contributed by atoms with Crippen molar-refractivity contribution in [1.29, 1.82) is 0 Å². The Balaban J connectivity index is 2.15. The molecule has 1 aromatic carbocycles. The first-order valence-corrected chi connectivity index (χ1v) is 6.81. The highest BCUT2D eigenvalue weighted by atomic mass is 79.9. The molecule has 2 N–H and O–H groups in total. The maximum absolute atomic E-state index is 10.7. The molecule has 0 radical (unpaired) electrons. The SMILES string of the molecule is CC(Sc1n[nH]c(-c2ccc(Br)cc2)n1)C(=O)O. The number of thioether (sulfide) groups is 1. The number of nitrogens with zero attached hydrogens (tertiary/aromatic N) is 2. The molecular formula is C11H10BrN3O2S. The third-order valence-electron chi connectivity index (χ3n) is 2.21. The summed E-state index contributed by atoms with van der Waals surface area (Å²) in [6.07, 6.45) is 0. The van der Waals surface area contributed by atoms with Crippen molar-refractivity contribution in [2.75, 3.05) is 0 Å². The van der Waals surface area contributed by atoms with Gasteiger partial charge < -0.3 is 5.11 Å². The maximum Gasteiger partial charge on any atom is 0.316 e. The number of rotatable bonds is 4. The van der Waals surface area contributed by atoms with Crippen molar-refractivity contribution in [2.45, 2.75) is 17.3 Å². The molecule has 5 nitrogen and oxygen atoms in total. The summed E-state index contributed by atoms with van der Waals surface area (Å²) in [5, 5.41) is 15.5. The van der Waals surface area contributed by atoms with E-state index in [1.165, 1.54) is 0 Å². The minimum Gasteiger partial charge on any atom is -0.480 e. The van der Waals surface area contributed by atoms with Gasteiger partial charge in [-0.25, -0.2) is 4.98 Å². The molecule has 1 unspecified atom stereocenters. The van der Waals surface area contributed by atoms with Crippen LogP contribution in [-0.4, -0.2) is 31.5 Å². The Kier molecular flexibility index (Phi) is 4.03. The first-order chi connectivity index (χ1) is 8.56. The minimum absolute atomic E-state index is 0.433. The van der Waals surface area contributed by atoms with Crippen LogP contribution in [0, 0.1) is 0 Å². The van der Waals surface area contributed by atoms with E-state index >= 15 is 0 Å². The molecule has 0 spiro atoms. The summed E-state index contributed by atoms with van der Waals surface area (Å²) < 4.78 is 0.986. The molecule has 94 valence electrons. The lowest BCUT2D eigenvalue weighted by atomic mass is 10.2. The van der Waals surface area contributed by atoms with Gasteiger partial charge in [0.2, 0.25) is 5.16 Å². The number of carboxylic acid groups (broad SMARTS) is 1. The van der Waals surface area contributed by atoms with Gasteiger partial charge >= 0.3 is 5.97 Å². The molecule has 0 saturated carbocycles. The summed E-state index contributed by atoms with van der Waals surface area (Å²) in [5.41, 5.74) is 0.903. The highest BCUT2D eigenvalue weighted by molar-refractivity contribution is 9.10. The van der Waals surface area contributed by atoms with Crippen LogP contribution in [0.2, 0.25) is 0 Å². The van der Waals surface area contributed by atoms with Gasteiger partial charge in [-0.05, 0) is 19.1 Å². The summed E-state index contributed by atoms with van der Waals surface area (Å²) in [7, 11) is 0. The van der Waals surface area contributed by atoms with E-state index in [0.29, 0.717) is 11.0 Å². The molecule has 0 fully saturated rings. The number of hydrogen-bond acceptors (Lipinski definition) is 4. The number of aliphatic carboxylic acids is 1. The standard InChI is InChI=1S/C11H10BrN3O2S/c1-6(10(16)17)18-11-13-9(14-15-11)7-2-4-8(12)5-3-7/h2-6H,1H3,(H,16,17)(H,13,14,15). The second-order valence-electron chi connectivity index (χ2n) is 3.57. The van der Waals surface area contributed by atoms with E-state index in [1.807, 2.05) is 24.3 Å². The monoisotopic (exact) mass is 327 g/mol. The highest BCUT2D eigenvalue weighted by Crippen LogP contribution is 2.23. The van der Waals surface area contributed by atoms with E-state index in [0.717, 1.165) is 21.8 Å². The number of halogens is 1. The van der Waals surface area contributed by atoms with Crippen molar-refractivity contribution in [2.24, 2.45) is 0 Å². The Labute approximate surface area is 116 Å². The van der Waals surface area contributed by atoms with Crippen LogP contribution in [0.4, 0.5) is 0 Å². The Bertz CT molecular complexity index is 556. The van der Waals surface area contributed by atoms with E-state index in [1.54, 1.807) is 6.92 Å². The number of nitrogens with one attached hydrogen (secondary N) is 1. The highest BCUT2D eigenvalue weighted by Gasteiger charge is 2.15. The fourth-order valence-electron chi connectivity index (χ4n) is 1.24. The van der Waals surface area contributed by atoms with Crippen LogP contribution in [-0.2, 0) is 4.79 Å². The number of aromatic nitrogens is 3. The van der Waals surface area contributed by atoms with Gasteiger partial charge in [0.05, 0.1) is 0 Å². The molecule has 0 amide bonds. The third-order valence-corrected chi connectivity index (χ3v) is 3.69. The number of aromatic amines is 1. The van der Waals surface area contributed by atoms with Crippen molar-refractivity contribution in [3.8, 4) is 11.4 Å². The van der Waals surface area contributed by atoms with Crippen LogP contribution in [0.1, 0.15) is 6.92 Å². The van der Waals surface area contributed by atoms with Gasteiger partial charge in [-0.3, -0.25) is 9.89 Å². The number of carboxylic acids is 1. The number of hydrogen-bond donors (Lipinski definition) is 2. The predicted octanol–water partition coefficient (Wildman–Crippen LogP) is 2.80. The average molecular weight is 328 g/mol. The van der Waals surface area contributed by atoms with Gasteiger partial charge in [0, 0.05) is 10.0 Å². The minimum atomic E-state index is -0.880. The molecule has 0 bridgehead atoms. The van der Waals surface area contributed by atoms with Gasteiger partial charge in [-0.2, -0.15) is 0 Å². The molecule has 0 saturated heterocycles. The summed E-state index contributed by atoms with van der Waals surface area (Å²) in [6, 6.07) is 7.62. The molecule has 1 aromatic heterocycles. The topological polar surface area (TPSA) is 78.9 Å². The molecule has 7 heteroatoms. The summed E-state index contributed by atoms with van der Waals surface area (Å²) in [5.74, 6) is -0.252. The van der Waals surface area contributed by atoms with Gasteiger partial charge in [0.1, 0.15) is 5.25 Å². The maximum atomic E-state index is 10.7. The fourth-order valence-corrected chi connectivity index (χ4v) is 2.17. The molecule has 2 aromatic rings. The molecule has 0 aliphatic rings. The quantitative estimate of drug-likeness (QED) is 0.844. The van der Waals surface area contributed by atoms with Crippen LogP contribution in [0.3, 0.4) is 0 Å². The van der Waals surface area contributed by atoms with Crippen LogP contribution in [0.15, 0.2) is 33.9 Å². The third kappa shape index (κ3) is 3.11. The van der Waals surface area contributed by atoms with Crippen LogP contribution >= 0.6 is 27.7 Å². The smallest absolute Gasteiger partial charge is 0.316 e. The normalized spacial score (nSPS) is 12.3. The first kappa shape index (κ1) is 13.1. The lowest BCUT2D eigenvalue weighted by Crippen LogP contribution is -2.11. The zero-order valence-electron chi connectivity index (χ0n) is 9.42. The largest absolute Gasteiger partial charge is 0.480 e. The number of benzene rings is 1. The number of H-pyrrole nitrogens is 1. The van der Waals surface area contributed by atoms with E-state index in [9.17, 15) is 4.79 Å². The van der Waals surface area contributed by atoms with Crippen molar-refractivity contribution in [3.63, 3.8) is 0 Å². The molecular weight excluding hydrogens is 318 g/mol. The van der Waals surface area contributed by atoms with Gasteiger partial charge in [-0.15, -0.1) is 5.10 Å². The lowest BCUT2D eigenvalue weighted by Gasteiger charge is -2.00. The van der Waals surface area contributed by atoms with Gasteiger partial charge in [-0.1, -0.05) is 39.8 Å². The fraction of sp³-hybridized carbons (Fsp3) is 0.182. The zero-order chi connectivity index (χ0) is 13.1. The summed E-state index contributed by atoms with van der Waals surface area (Å²) in [4.78, 5) is 15.0. The van der Waals surface area contributed by atoms with Crippen LogP contribution < -0.4 is 0 Å². The zero-order valence-corrected chi connectivity index (χ0v) is 11.8. The van der Waals surface area contributed by atoms with Crippen LogP contribution in [0.5, 0.6) is 0 Å². The van der Waals surface area contributed by atoms with Gasteiger partial charge in [0.15, 0.2) is 5.82 Å². The molecule has 0 aliphatic carbocycles. The Morgan fingerprint density at radius 1 is 1.44 bits per heavy atom. The second-order valence-corrected chi connectivity index (χ2v) is 5.80. The van der Waals surface area contributed by atoms with E-state index < -0.39 is 11.2 Å². The predicted molar refractivity (Wildman–Crippen MR) is 72.5 cm³/mol. The van der Waals surface area contributed by atoms with Crippen molar-refractivity contribution in [1.82, 2.24) is 15.2 Å². The first-order valence-electron chi connectivity index (χ1n) is 5.14.